The number of nitro groups is 1. The number of hydrogen-bond donors (Lipinski definition) is 1. The summed E-state index contributed by atoms with van der Waals surface area (Å²) in [7, 11) is 0. The van der Waals surface area contributed by atoms with Gasteiger partial charge >= 0.3 is 5.97 Å². The first kappa shape index (κ1) is 31.7. The Morgan fingerprint density at radius 1 is 0.935 bits per heavy atom. The molecule has 0 bridgehead atoms. The van der Waals surface area contributed by atoms with Gasteiger partial charge in [-0.05, 0) is 45.6 Å². The maximum absolute atomic E-state index is 14.1. The zero-order valence-electron chi connectivity index (χ0n) is 24.8. The third-order valence-corrected chi connectivity index (χ3v) is 11.3. The number of carbonyl (C=O) groups excluding carboxylic acids is 2. The van der Waals surface area contributed by atoms with Crippen LogP contribution in [0.4, 0.5) is 5.69 Å². The van der Waals surface area contributed by atoms with Crippen molar-refractivity contribution >= 4 is 40.3 Å². The fraction of sp³-hybridized carbons (Fsp3) is 0.257. The summed E-state index contributed by atoms with van der Waals surface area (Å²) in [4.78, 5) is 38.0. The fourth-order valence-corrected chi connectivity index (χ4v) is 8.56. The molecule has 0 saturated carbocycles. The molecule has 2 aliphatic rings. The monoisotopic (exact) mass is 657 g/mol. The number of esters is 1. The Morgan fingerprint density at radius 2 is 1.46 bits per heavy atom. The summed E-state index contributed by atoms with van der Waals surface area (Å²) in [6, 6.07) is 34.2. The zero-order valence-corrected chi connectivity index (χ0v) is 26.4. The molecule has 6 rings (SSSR count). The predicted molar refractivity (Wildman–Crippen MR) is 175 cm³/mol. The Labute approximate surface area is 274 Å². The lowest BCUT2D eigenvalue weighted by Gasteiger charge is -2.39. The highest BCUT2D eigenvalue weighted by Gasteiger charge is 2.67. The van der Waals surface area contributed by atoms with Gasteiger partial charge in [0.1, 0.15) is 12.4 Å². The van der Waals surface area contributed by atoms with Gasteiger partial charge in [-0.25, -0.2) is 4.79 Å². The van der Waals surface area contributed by atoms with Crippen molar-refractivity contribution in [2.75, 3.05) is 12.3 Å². The molecule has 4 unspecified atom stereocenters. The number of carbonyl (C=O) groups is 2. The lowest BCUT2D eigenvalue weighted by atomic mass is 9.77. The number of benzene rings is 4. The topological polar surface area (TPSA) is 125 Å². The van der Waals surface area contributed by atoms with Gasteiger partial charge in [0.2, 0.25) is 10.1 Å². The second-order valence-electron chi connectivity index (χ2n) is 11.4. The minimum atomic E-state index is -1.75. The number of rotatable bonds is 12. The van der Waals surface area contributed by atoms with Crippen molar-refractivity contribution in [2.24, 2.45) is 0 Å². The number of alkyl halides is 1. The van der Waals surface area contributed by atoms with Crippen molar-refractivity contribution in [3.8, 4) is 0 Å². The molecule has 2 fully saturated rings. The van der Waals surface area contributed by atoms with E-state index in [0.29, 0.717) is 5.56 Å². The van der Waals surface area contributed by atoms with Crippen molar-refractivity contribution in [3.63, 3.8) is 0 Å². The number of amides is 1. The zero-order chi connectivity index (χ0) is 32.3. The minimum Gasteiger partial charge on any atom is -0.615 e. The Bertz CT molecular complexity index is 1600. The summed E-state index contributed by atoms with van der Waals surface area (Å²) < 4.78 is 18.1. The van der Waals surface area contributed by atoms with E-state index in [9.17, 15) is 24.3 Å². The van der Waals surface area contributed by atoms with Gasteiger partial charge in [0.15, 0.2) is 6.04 Å². The Hall–Kier alpha value is -4.22. The predicted octanol–water partition coefficient (Wildman–Crippen LogP) is 5.28. The van der Waals surface area contributed by atoms with Crippen LogP contribution in [0, 0.1) is 10.1 Å². The van der Waals surface area contributed by atoms with Crippen molar-refractivity contribution in [3.05, 3.63) is 148 Å². The van der Waals surface area contributed by atoms with Gasteiger partial charge in [-0.2, -0.15) is 0 Å². The molecular formula is C35H32ClN3O6S. The van der Waals surface area contributed by atoms with Crippen molar-refractivity contribution in [1.82, 2.24) is 10.2 Å². The summed E-state index contributed by atoms with van der Waals surface area (Å²) in [5.41, 5.74) is 2.68. The van der Waals surface area contributed by atoms with E-state index in [4.69, 9.17) is 16.3 Å². The van der Waals surface area contributed by atoms with Crippen molar-refractivity contribution in [1.29, 1.82) is 0 Å². The minimum absolute atomic E-state index is 0.0838. The summed E-state index contributed by atoms with van der Waals surface area (Å²) in [5, 5.41) is 14.7. The van der Waals surface area contributed by atoms with Crippen LogP contribution in [0.1, 0.15) is 35.1 Å². The van der Waals surface area contributed by atoms with E-state index < -0.39 is 37.9 Å². The van der Waals surface area contributed by atoms with E-state index in [-0.39, 0.29) is 49.4 Å². The Morgan fingerprint density at radius 3 is 1.93 bits per heavy atom. The molecule has 2 heterocycles. The van der Waals surface area contributed by atoms with Gasteiger partial charge in [0, 0.05) is 37.6 Å². The van der Waals surface area contributed by atoms with Crippen LogP contribution in [0.2, 0.25) is 0 Å². The molecule has 46 heavy (non-hydrogen) atoms. The first-order chi connectivity index (χ1) is 22.2. The number of hydrogen-bond acceptors (Lipinski definition) is 7. The maximum Gasteiger partial charge on any atom is 0.336 e. The summed E-state index contributed by atoms with van der Waals surface area (Å²) >= 11 is 5.36. The summed E-state index contributed by atoms with van der Waals surface area (Å²) in [6.07, 6.45) is 0.431. The SMILES string of the molecule is O=C(OCc1ccc([N+](=O)[O-])cc1)C1N2C(=O)CC2CC1(Cl)[S+]([O-])CCNC(c1ccccc1)(c1ccccc1)c1ccccc1. The van der Waals surface area contributed by atoms with Gasteiger partial charge in [0.25, 0.3) is 5.69 Å². The van der Waals surface area contributed by atoms with Gasteiger partial charge in [-0.1, -0.05) is 103 Å². The van der Waals surface area contributed by atoms with Crippen LogP contribution in [0.25, 0.3) is 0 Å². The van der Waals surface area contributed by atoms with Crippen LogP contribution in [0.15, 0.2) is 115 Å². The smallest absolute Gasteiger partial charge is 0.336 e. The number of nitrogens with one attached hydrogen (secondary N) is 1. The molecule has 1 N–H and O–H groups in total. The van der Waals surface area contributed by atoms with Crippen LogP contribution >= 0.6 is 11.6 Å². The van der Waals surface area contributed by atoms with Crippen molar-refractivity contribution in [2.45, 2.75) is 41.3 Å². The maximum atomic E-state index is 14.1. The molecule has 11 heteroatoms. The van der Waals surface area contributed by atoms with Gasteiger partial charge < -0.3 is 14.2 Å². The Balaban J connectivity index is 1.23. The molecule has 236 valence electrons. The second kappa shape index (κ2) is 13.3. The quantitative estimate of drug-likeness (QED) is 0.0418. The molecule has 0 aliphatic carbocycles. The highest BCUT2D eigenvalue weighted by Crippen LogP contribution is 2.49. The molecule has 0 spiro atoms. The third-order valence-electron chi connectivity index (χ3n) is 8.72. The van der Waals surface area contributed by atoms with Crippen LogP contribution < -0.4 is 5.32 Å². The average molecular weight is 658 g/mol. The standard InChI is InChI=1S/C35H32ClN3O6S/c36-34(23-30-22-31(40)38(30)32(34)33(41)45-24-25-16-18-29(19-17-25)39(42)43)46(44)21-20-37-35(26-10-4-1-5-11-26,27-12-6-2-7-13-27)28-14-8-3-9-15-28/h1-19,30,32,37H,20-24H2. The number of halogens is 1. The molecule has 2 saturated heterocycles. The van der Waals surface area contributed by atoms with Gasteiger partial charge in [-0.3, -0.25) is 20.2 Å². The van der Waals surface area contributed by atoms with Crippen LogP contribution in [0.5, 0.6) is 0 Å². The molecule has 0 radical (unpaired) electrons. The number of fused-ring (bicyclic) bond motifs is 1. The number of ether oxygens (including phenoxy) is 1. The first-order valence-corrected chi connectivity index (χ1v) is 16.6. The van der Waals surface area contributed by atoms with E-state index in [1.807, 2.05) is 54.6 Å². The molecule has 0 aromatic heterocycles. The van der Waals surface area contributed by atoms with E-state index in [1.165, 1.54) is 29.2 Å². The molecule has 4 aromatic carbocycles. The Kier molecular flexibility index (Phi) is 9.15. The molecule has 1 amide bonds. The van der Waals surface area contributed by atoms with E-state index in [2.05, 4.69) is 41.7 Å². The van der Waals surface area contributed by atoms with E-state index >= 15 is 0 Å². The molecule has 4 atom stereocenters. The lowest BCUT2D eigenvalue weighted by molar-refractivity contribution is -0.384. The third kappa shape index (κ3) is 5.89. The largest absolute Gasteiger partial charge is 0.615 e. The van der Waals surface area contributed by atoms with Crippen molar-refractivity contribution < 1.29 is 23.8 Å². The highest BCUT2D eigenvalue weighted by atomic mass is 35.5. The molecule has 9 nitrogen and oxygen atoms in total. The summed E-state index contributed by atoms with van der Waals surface area (Å²) in [5.74, 6) is -0.882. The average Bonchev–Trinajstić information content (AvgIpc) is 3.34. The number of non-ortho nitro benzene ring substituents is 1. The molecular weight excluding hydrogens is 626 g/mol. The number of nitrogens with zero attached hydrogens (tertiary/aromatic N) is 2. The van der Waals surface area contributed by atoms with Crippen LogP contribution in [0.3, 0.4) is 0 Å². The van der Waals surface area contributed by atoms with E-state index in [0.717, 1.165) is 16.7 Å². The number of nitro benzene ring substituents is 1. The first-order valence-electron chi connectivity index (χ1n) is 14.9. The fourth-order valence-electron chi connectivity index (χ4n) is 6.49. The van der Waals surface area contributed by atoms with Gasteiger partial charge in [0.05, 0.1) is 10.5 Å². The van der Waals surface area contributed by atoms with Crippen LogP contribution in [-0.4, -0.2) is 54.8 Å². The molecule has 4 aromatic rings. The molecule has 2 aliphatic heterocycles. The number of β-lactam (4-membered cyclic amide) rings is 1. The van der Waals surface area contributed by atoms with Gasteiger partial charge in [-0.15, -0.1) is 0 Å². The second-order valence-corrected chi connectivity index (χ2v) is 14.1. The highest BCUT2D eigenvalue weighted by molar-refractivity contribution is 7.94. The van der Waals surface area contributed by atoms with E-state index in [1.54, 1.807) is 0 Å². The lowest BCUT2D eigenvalue weighted by Crippen LogP contribution is -2.59. The normalized spacial score (nSPS) is 21.3. The van der Waals surface area contributed by atoms with Crippen LogP contribution in [-0.2, 0) is 37.6 Å². The summed E-state index contributed by atoms with van der Waals surface area (Å²) in [6.45, 7) is 0.109.